The molecule has 1 aromatic heterocycles. The molecule has 3 nitrogen and oxygen atoms in total. The molecule has 1 aromatic carbocycles. The van der Waals surface area contributed by atoms with Crippen LogP contribution in [0.4, 0.5) is 0 Å². The number of hydrogen-bond acceptors (Lipinski definition) is 2. The van der Waals surface area contributed by atoms with E-state index in [1.54, 1.807) is 18.2 Å². The van der Waals surface area contributed by atoms with Gasteiger partial charge in [-0.05, 0) is 12.1 Å². The molecule has 1 heterocycles. The van der Waals surface area contributed by atoms with Crippen LogP contribution in [0.2, 0.25) is 0 Å². The Bertz CT molecular complexity index is 392. The molecule has 0 unspecified atom stereocenters. The van der Waals surface area contributed by atoms with E-state index in [-0.39, 0.29) is 11.6 Å². The van der Waals surface area contributed by atoms with Crippen molar-refractivity contribution in [2.75, 3.05) is 0 Å². The third-order valence-electron chi connectivity index (χ3n) is 1.63. The molecule has 3 heteroatoms. The van der Waals surface area contributed by atoms with E-state index in [2.05, 4.69) is 4.98 Å². The number of aromatic hydroxyl groups is 2. The van der Waals surface area contributed by atoms with Gasteiger partial charge in [-0.2, -0.15) is 0 Å². The Hall–Kier alpha value is -1.64. The summed E-state index contributed by atoms with van der Waals surface area (Å²) in [6.07, 6.45) is 0. The van der Waals surface area contributed by atoms with Crippen LogP contribution in [0.3, 0.4) is 0 Å². The molecule has 0 spiro atoms. The second-order valence-electron chi connectivity index (χ2n) is 2.39. The van der Waals surface area contributed by atoms with E-state index >= 15 is 0 Å². The van der Waals surface area contributed by atoms with Crippen molar-refractivity contribution in [1.82, 2.24) is 4.98 Å². The van der Waals surface area contributed by atoms with Gasteiger partial charge in [0, 0.05) is 11.5 Å². The summed E-state index contributed by atoms with van der Waals surface area (Å²) in [5.74, 6) is 0.251. The van der Waals surface area contributed by atoms with Crippen LogP contribution in [0.25, 0.3) is 10.9 Å². The first-order chi connectivity index (χ1) is 5.27. The summed E-state index contributed by atoms with van der Waals surface area (Å²) in [6, 6.07) is 6.57. The Kier molecular flexibility index (Phi) is 1.06. The molecule has 2 rings (SSSR count). The van der Waals surface area contributed by atoms with Gasteiger partial charge in [-0.25, -0.2) is 0 Å². The largest absolute Gasteiger partial charge is 0.507 e. The molecular formula is C8H7NO2. The first kappa shape index (κ1) is 6.09. The molecule has 0 bridgehead atoms. The number of rotatable bonds is 0. The lowest BCUT2D eigenvalue weighted by Gasteiger charge is -1.90. The highest BCUT2D eigenvalue weighted by Gasteiger charge is 2.01. The number of nitrogens with one attached hydrogen (secondary N) is 1. The molecule has 3 N–H and O–H groups in total. The van der Waals surface area contributed by atoms with Crippen LogP contribution in [-0.2, 0) is 0 Å². The lowest BCUT2D eigenvalue weighted by atomic mass is 10.2. The molecule has 0 aliphatic rings. The topological polar surface area (TPSA) is 56.2 Å². The average molecular weight is 149 g/mol. The van der Waals surface area contributed by atoms with Crippen molar-refractivity contribution in [3.8, 4) is 11.6 Å². The maximum absolute atomic E-state index is 9.25. The summed E-state index contributed by atoms with van der Waals surface area (Å²) in [5.41, 5.74) is 0.738. The summed E-state index contributed by atoms with van der Waals surface area (Å²) in [4.78, 5) is 2.69. The van der Waals surface area contributed by atoms with Gasteiger partial charge in [-0.1, -0.05) is 6.07 Å². The minimum absolute atomic E-state index is 0.0708. The van der Waals surface area contributed by atoms with Crippen LogP contribution < -0.4 is 0 Å². The molecule has 0 saturated heterocycles. The maximum atomic E-state index is 9.25. The predicted molar refractivity (Wildman–Crippen MR) is 41.6 cm³/mol. The molecule has 2 aromatic rings. The smallest absolute Gasteiger partial charge is 0.189 e. The first-order valence-corrected chi connectivity index (χ1v) is 3.27. The lowest BCUT2D eigenvalue weighted by molar-refractivity contribution is 0.458. The van der Waals surface area contributed by atoms with Gasteiger partial charge in [0.2, 0.25) is 0 Å². The Morgan fingerprint density at radius 3 is 2.73 bits per heavy atom. The molecule has 0 fully saturated rings. The molecule has 0 aliphatic heterocycles. The van der Waals surface area contributed by atoms with Crippen LogP contribution in [0.15, 0.2) is 24.3 Å². The monoisotopic (exact) mass is 149 g/mol. The Labute approximate surface area is 62.9 Å². The van der Waals surface area contributed by atoms with E-state index in [1.165, 1.54) is 6.07 Å². The molecule has 0 aliphatic carbocycles. The number of phenolic OH excluding ortho intramolecular Hbond substituents is 1. The molecule has 0 atom stereocenters. The lowest BCUT2D eigenvalue weighted by Crippen LogP contribution is -1.66. The number of aromatic amines is 1. The van der Waals surface area contributed by atoms with Gasteiger partial charge < -0.3 is 15.2 Å². The van der Waals surface area contributed by atoms with E-state index in [0.717, 1.165) is 5.52 Å². The zero-order chi connectivity index (χ0) is 7.84. The summed E-state index contributed by atoms with van der Waals surface area (Å²) >= 11 is 0. The average Bonchev–Trinajstić information content (AvgIpc) is 2.31. The quantitative estimate of drug-likeness (QED) is 0.532. The van der Waals surface area contributed by atoms with Crippen LogP contribution in [0.1, 0.15) is 0 Å². The summed E-state index contributed by atoms with van der Waals surface area (Å²) in [6.45, 7) is 0. The van der Waals surface area contributed by atoms with E-state index in [9.17, 15) is 5.11 Å². The van der Waals surface area contributed by atoms with Gasteiger partial charge in [-0.3, -0.25) is 0 Å². The summed E-state index contributed by atoms with van der Waals surface area (Å²) in [5, 5.41) is 18.9. The minimum Gasteiger partial charge on any atom is -0.507 e. The van der Waals surface area contributed by atoms with E-state index < -0.39 is 0 Å². The second kappa shape index (κ2) is 1.92. The van der Waals surface area contributed by atoms with Crippen molar-refractivity contribution in [3.63, 3.8) is 0 Å². The van der Waals surface area contributed by atoms with Crippen molar-refractivity contribution < 1.29 is 10.2 Å². The third-order valence-corrected chi connectivity index (χ3v) is 1.63. The standard InChI is InChI=1S/C8H7NO2/c10-7-3-1-2-6-5(7)4-8(11)9-6/h1-4,9-11H. The van der Waals surface area contributed by atoms with Crippen LogP contribution in [-0.4, -0.2) is 15.2 Å². The summed E-state index contributed by atoms with van der Waals surface area (Å²) in [7, 11) is 0. The van der Waals surface area contributed by atoms with Gasteiger partial charge in [0.25, 0.3) is 0 Å². The van der Waals surface area contributed by atoms with E-state index in [4.69, 9.17) is 5.11 Å². The van der Waals surface area contributed by atoms with Crippen LogP contribution in [0.5, 0.6) is 11.6 Å². The second-order valence-corrected chi connectivity index (χ2v) is 2.39. The highest BCUT2D eigenvalue weighted by molar-refractivity contribution is 5.86. The molecule has 0 saturated carbocycles. The van der Waals surface area contributed by atoms with Crippen molar-refractivity contribution in [2.45, 2.75) is 0 Å². The Balaban J connectivity index is 2.90. The van der Waals surface area contributed by atoms with Crippen molar-refractivity contribution in [1.29, 1.82) is 0 Å². The van der Waals surface area contributed by atoms with Gasteiger partial charge in [0.1, 0.15) is 5.75 Å². The highest BCUT2D eigenvalue weighted by Crippen LogP contribution is 2.26. The van der Waals surface area contributed by atoms with Gasteiger partial charge in [-0.15, -0.1) is 0 Å². The fourth-order valence-corrected chi connectivity index (χ4v) is 1.12. The fourth-order valence-electron chi connectivity index (χ4n) is 1.12. The number of phenols is 1. The van der Waals surface area contributed by atoms with E-state index in [1.807, 2.05) is 0 Å². The Morgan fingerprint density at radius 1 is 1.18 bits per heavy atom. The number of hydrogen-bond donors (Lipinski definition) is 3. The van der Waals surface area contributed by atoms with Crippen LogP contribution in [0, 0.1) is 0 Å². The van der Waals surface area contributed by atoms with Crippen molar-refractivity contribution in [2.24, 2.45) is 0 Å². The molecule has 11 heavy (non-hydrogen) atoms. The zero-order valence-corrected chi connectivity index (χ0v) is 5.70. The Morgan fingerprint density at radius 2 is 2.00 bits per heavy atom. The van der Waals surface area contributed by atoms with Crippen molar-refractivity contribution >= 4 is 10.9 Å². The molecule has 56 valence electrons. The van der Waals surface area contributed by atoms with E-state index in [0.29, 0.717) is 5.39 Å². The first-order valence-electron chi connectivity index (χ1n) is 3.27. The van der Waals surface area contributed by atoms with Crippen molar-refractivity contribution in [3.05, 3.63) is 24.3 Å². The number of benzene rings is 1. The SMILES string of the molecule is Oc1cc2c(O)cccc2[nH]1. The maximum Gasteiger partial charge on any atom is 0.189 e. The summed E-state index contributed by atoms with van der Waals surface area (Å²) < 4.78 is 0. The molecule has 0 amide bonds. The van der Waals surface area contributed by atoms with Crippen LogP contribution >= 0.6 is 0 Å². The van der Waals surface area contributed by atoms with Gasteiger partial charge in [0.05, 0.1) is 5.52 Å². The number of fused-ring (bicyclic) bond motifs is 1. The number of aromatic nitrogens is 1. The zero-order valence-electron chi connectivity index (χ0n) is 5.70. The van der Waals surface area contributed by atoms with Gasteiger partial charge in [0.15, 0.2) is 5.88 Å². The fraction of sp³-hybridized carbons (Fsp3) is 0. The normalized spacial score (nSPS) is 10.5. The molecular weight excluding hydrogens is 142 g/mol. The molecule has 0 radical (unpaired) electrons. The third kappa shape index (κ3) is 0.816. The predicted octanol–water partition coefficient (Wildman–Crippen LogP) is 1.58. The highest BCUT2D eigenvalue weighted by atomic mass is 16.3. The van der Waals surface area contributed by atoms with Gasteiger partial charge >= 0.3 is 0 Å². The number of H-pyrrole nitrogens is 1. The minimum atomic E-state index is 0.0708.